The third kappa shape index (κ3) is 6.76. The second-order valence-corrected chi connectivity index (χ2v) is 18.1. The molecular weight excluding hydrogens is 831 g/mol. The number of benzene rings is 9. The Labute approximate surface area is 393 Å². The highest BCUT2D eigenvalue weighted by atomic mass is 16.3. The summed E-state index contributed by atoms with van der Waals surface area (Å²) in [7, 11) is 0. The molecule has 0 radical (unpaired) electrons. The van der Waals surface area contributed by atoms with Gasteiger partial charge in [-0.05, 0) is 92.7 Å². The van der Waals surface area contributed by atoms with Crippen LogP contribution in [0.25, 0.3) is 123 Å². The monoisotopic (exact) mass is 871 g/mol. The number of aromatic nitrogens is 5. The van der Waals surface area contributed by atoms with Crippen molar-refractivity contribution in [1.29, 1.82) is 0 Å². The van der Waals surface area contributed by atoms with Crippen molar-refractivity contribution in [2.45, 2.75) is 19.3 Å². The Morgan fingerprint density at radius 3 is 1.50 bits per heavy atom. The molecule has 9 aromatic carbocycles. The first-order valence-corrected chi connectivity index (χ1v) is 23.0. The van der Waals surface area contributed by atoms with E-state index in [1.54, 1.807) is 0 Å². The van der Waals surface area contributed by atoms with Crippen molar-refractivity contribution < 1.29 is 4.42 Å². The lowest BCUT2D eigenvalue weighted by molar-refractivity contribution is 0.660. The Kier molecular flexibility index (Phi) is 9.08. The molecule has 0 atom stereocenters. The van der Waals surface area contributed by atoms with Gasteiger partial charge in [0.25, 0.3) is 0 Å². The van der Waals surface area contributed by atoms with E-state index >= 15 is 0 Å². The van der Waals surface area contributed by atoms with E-state index in [0.717, 1.165) is 83.2 Å². The predicted molar refractivity (Wildman–Crippen MR) is 276 cm³/mol. The molecule has 0 fully saturated rings. The van der Waals surface area contributed by atoms with Crippen LogP contribution in [0.15, 0.2) is 217 Å². The number of fused-ring (bicyclic) bond motifs is 7. The summed E-state index contributed by atoms with van der Waals surface area (Å²) < 4.78 is 6.50. The maximum atomic E-state index is 6.50. The molecule has 1 aliphatic rings. The van der Waals surface area contributed by atoms with Crippen LogP contribution in [0, 0.1) is 0 Å². The van der Waals surface area contributed by atoms with Crippen LogP contribution in [0.1, 0.15) is 25.0 Å². The van der Waals surface area contributed by atoms with Gasteiger partial charge in [0.05, 0.1) is 11.4 Å². The van der Waals surface area contributed by atoms with Gasteiger partial charge >= 0.3 is 0 Å². The van der Waals surface area contributed by atoms with Gasteiger partial charge in [-0.3, -0.25) is 0 Å². The molecule has 6 heteroatoms. The fourth-order valence-electron chi connectivity index (χ4n) is 9.97. The summed E-state index contributed by atoms with van der Waals surface area (Å²) in [6.45, 7) is 4.60. The molecule has 3 aromatic heterocycles. The minimum Gasteiger partial charge on any atom is -0.456 e. The predicted octanol–water partition coefficient (Wildman–Crippen LogP) is 15.7. The van der Waals surface area contributed by atoms with Gasteiger partial charge in [0.1, 0.15) is 11.2 Å². The number of furan rings is 1. The average molecular weight is 872 g/mol. The Balaban J connectivity index is 0.889. The zero-order valence-corrected chi connectivity index (χ0v) is 37.4. The topological polar surface area (TPSA) is 77.6 Å². The Morgan fingerprint density at radius 1 is 0.309 bits per heavy atom. The molecule has 0 saturated carbocycles. The Bertz CT molecular complexity index is 3950. The third-order valence-corrected chi connectivity index (χ3v) is 13.5. The summed E-state index contributed by atoms with van der Waals surface area (Å²) >= 11 is 0. The van der Waals surface area contributed by atoms with Gasteiger partial charge in [-0.15, -0.1) is 0 Å². The van der Waals surface area contributed by atoms with E-state index in [0.29, 0.717) is 23.3 Å². The van der Waals surface area contributed by atoms with Gasteiger partial charge in [-0.2, -0.15) is 0 Å². The number of nitrogens with zero attached hydrogens (tertiary/aromatic N) is 5. The zero-order valence-electron chi connectivity index (χ0n) is 37.4. The summed E-state index contributed by atoms with van der Waals surface area (Å²) in [6, 6.07) is 73.8. The van der Waals surface area contributed by atoms with Crippen molar-refractivity contribution in [2.75, 3.05) is 0 Å². The van der Waals surface area contributed by atoms with Gasteiger partial charge in [-0.25, -0.2) is 24.9 Å². The molecule has 0 spiro atoms. The minimum atomic E-state index is -0.153. The van der Waals surface area contributed by atoms with Crippen molar-refractivity contribution in [3.8, 4) is 90.3 Å². The van der Waals surface area contributed by atoms with E-state index in [2.05, 4.69) is 178 Å². The van der Waals surface area contributed by atoms with Crippen LogP contribution in [0.5, 0.6) is 0 Å². The molecule has 3 heterocycles. The van der Waals surface area contributed by atoms with Crippen LogP contribution in [-0.4, -0.2) is 24.9 Å². The quantitative estimate of drug-likeness (QED) is 0.159. The Hall–Kier alpha value is -8.87. The standard InChI is InChI=1S/C62H41N5O/c1-62(2)52-26-12-11-25-48(52)49-29-28-47(34-53(49)62)61-66-59(39-17-7-4-8-18-39)65-60(67-61)46-24-14-22-41(32-46)40-21-13-23-44(31-40)54-37-55(64-58(63-54)38-15-5-3-6-16-38)45-27-30-50-51-33-42-19-9-10-20-43(42)35-57(51)68-56(50)36-45/h3-37H,1-2H3. The normalized spacial score (nSPS) is 12.7. The lowest BCUT2D eigenvalue weighted by Gasteiger charge is -2.21. The highest BCUT2D eigenvalue weighted by Gasteiger charge is 2.35. The van der Waals surface area contributed by atoms with Gasteiger partial charge in [0, 0.05) is 49.6 Å². The molecule has 0 amide bonds. The fraction of sp³-hybridized carbons (Fsp3) is 0.0484. The smallest absolute Gasteiger partial charge is 0.164 e. The molecule has 12 aromatic rings. The van der Waals surface area contributed by atoms with Gasteiger partial charge in [0.15, 0.2) is 23.3 Å². The van der Waals surface area contributed by atoms with E-state index in [1.807, 2.05) is 48.5 Å². The molecule has 68 heavy (non-hydrogen) atoms. The first-order chi connectivity index (χ1) is 33.4. The van der Waals surface area contributed by atoms with E-state index < -0.39 is 0 Å². The van der Waals surface area contributed by atoms with Crippen LogP contribution >= 0.6 is 0 Å². The molecule has 1 aliphatic carbocycles. The summed E-state index contributed by atoms with van der Waals surface area (Å²) in [6.07, 6.45) is 0. The van der Waals surface area contributed by atoms with Crippen LogP contribution in [0.2, 0.25) is 0 Å². The molecule has 0 unspecified atom stereocenters. The lowest BCUT2D eigenvalue weighted by atomic mass is 9.82. The molecule has 0 aliphatic heterocycles. The average Bonchev–Trinajstić information content (AvgIpc) is 3.87. The molecular formula is C62H41N5O. The second kappa shape index (κ2) is 15.6. The van der Waals surface area contributed by atoms with E-state index in [-0.39, 0.29) is 5.41 Å². The fourth-order valence-corrected chi connectivity index (χ4v) is 9.97. The molecule has 0 saturated heterocycles. The Morgan fingerprint density at radius 2 is 0.794 bits per heavy atom. The van der Waals surface area contributed by atoms with Crippen LogP contribution < -0.4 is 0 Å². The molecule has 13 rings (SSSR count). The molecule has 0 N–H and O–H groups in total. The van der Waals surface area contributed by atoms with Crippen molar-refractivity contribution in [3.63, 3.8) is 0 Å². The second-order valence-electron chi connectivity index (χ2n) is 18.1. The summed E-state index contributed by atoms with van der Waals surface area (Å²) in [5.41, 5.74) is 16.0. The number of hydrogen-bond acceptors (Lipinski definition) is 6. The number of rotatable bonds is 7. The molecule has 6 nitrogen and oxygen atoms in total. The van der Waals surface area contributed by atoms with Crippen LogP contribution in [-0.2, 0) is 5.41 Å². The third-order valence-electron chi connectivity index (χ3n) is 13.5. The van der Waals surface area contributed by atoms with E-state index in [4.69, 9.17) is 29.3 Å². The summed E-state index contributed by atoms with van der Waals surface area (Å²) in [5.74, 6) is 2.52. The zero-order chi connectivity index (χ0) is 45.3. The maximum absolute atomic E-state index is 6.50. The van der Waals surface area contributed by atoms with Gasteiger partial charge < -0.3 is 4.42 Å². The van der Waals surface area contributed by atoms with E-state index in [9.17, 15) is 0 Å². The first kappa shape index (κ1) is 39.5. The van der Waals surface area contributed by atoms with Crippen molar-refractivity contribution in [3.05, 3.63) is 223 Å². The molecule has 0 bridgehead atoms. The number of hydrogen-bond donors (Lipinski definition) is 0. The maximum Gasteiger partial charge on any atom is 0.164 e. The van der Waals surface area contributed by atoms with Gasteiger partial charge in [-0.1, -0.05) is 178 Å². The lowest BCUT2D eigenvalue weighted by Crippen LogP contribution is -2.15. The van der Waals surface area contributed by atoms with Crippen molar-refractivity contribution in [2.24, 2.45) is 0 Å². The highest BCUT2D eigenvalue weighted by molar-refractivity contribution is 6.10. The SMILES string of the molecule is CC1(C)c2ccccc2-c2ccc(-c3nc(-c4ccccc4)nc(-c4cccc(-c5cccc(-c6cc(-c7ccc8c(c7)oc7cc9ccccc9cc78)nc(-c7ccccc7)n6)c5)c4)n3)cc21. The first-order valence-electron chi connectivity index (χ1n) is 23.0. The van der Waals surface area contributed by atoms with Crippen molar-refractivity contribution >= 4 is 32.7 Å². The van der Waals surface area contributed by atoms with Crippen LogP contribution in [0.3, 0.4) is 0 Å². The van der Waals surface area contributed by atoms with Crippen LogP contribution in [0.4, 0.5) is 0 Å². The van der Waals surface area contributed by atoms with E-state index in [1.165, 1.54) is 27.6 Å². The van der Waals surface area contributed by atoms with Gasteiger partial charge in [0.2, 0.25) is 0 Å². The van der Waals surface area contributed by atoms with Crippen molar-refractivity contribution in [1.82, 2.24) is 24.9 Å². The highest BCUT2D eigenvalue weighted by Crippen LogP contribution is 2.49. The molecule has 320 valence electrons. The minimum absolute atomic E-state index is 0.153. The summed E-state index contributed by atoms with van der Waals surface area (Å²) in [5, 5.41) is 4.51. The summed E-state index contributed by atoms with van der Waals surface area (Å²) in [4.78, 5) is 25.7. The largest absolute Gasteiger partial charge is 0.456 e.